The van der Waals surface area contributed by atoms with Crippen molar-refractivity contribution in [2.24, 2.45) is 0 Å². The first-order valence-electron chi connectivity index (χ1n) is 16.7. The average molecular weight is 643 g/mol. The standard InChI is InChI=1S/C46H30N2S/c1-3-13-31(14-4-1)36-18-9-11-21-42(36)47(35-25-28-45-41(30-35)38-20-10-12-22-44(38)49-45)34-24-27-43-40(29-34)39-26-23-32-15-7-8-19-37(32)46(39)48(43)33-16-5-2-6-17-33/h1-30H. The Hall–Kier alpha value is -6.16. The van der Waals surface area contributed by atoms with Crippen LogP contribution < -0.4 is 4.90 Å². The molecule has 0 saturated carbocycles. The molecule has 0 unspecified atom stereocenters. The van der Waals surface area contributed by atoms with Crippen molar-refractivity contribution >= 4 is 81.1 Å². The van der Waals surface area contributed by atoms with E-state index in [1.165, 1.54) is 63.9 Å². The van der Waals surface area contributed by atoms with Gasteiger partial charge >= 0.3 is 0 Å². The van der Waals surface area contributed by atoms with Crippen LogP contribution in [0.5, 0.6) is 0 Å². The van der Waals surface area contributed by atoms with E-state index in [0.29, 0.717) is 0 Å². The molecule has 0 bridgehead atoms. The van der Waals surface area contributed by atoms with Crippen molar-refractivity contribution in [3.8, 4) is 16.8 Å². The van der Waals surface area contributed by atoms with Gasteiger partial charge in [-0.3, -0.25) is 0 Å². The fourth-order valence-electron chi connectivity index (χ4n) is 7.56. The monoisotopic (exact) mass is 642 g/mol. The predicted octanol–water partition coefficient (Wildman–Crippen LogP) is 13.4. The minimum absolute atomic E-state index is 1.12. The molecule has 2 nitrogen and oxygen atoms in total. The van der Waals surface area contributed by atoms with Crippen molar-refractivity contribution < 1.29 is 0 Å². The summed E-state index contributed by atoms with van der Waals surface area (Å²) in [6.07, 6.45) is 0. The quantitative estimate of drug-likeness (QED) is 0.181. The summed E-state index contributed by atoms with van der Waals surface area (Å²) in [6, 6.07) is 66.2. The Morgan fingerprint density at radius 3 is 1.94 bits per heavy atom. The molecule has 0 aliphatic heterocycles. The SMILES string of the molecule is c1ccc(-c2ccccc2N(c2ccc3sc4ccccc4c3c2)c2ccc3c(c2)c2ccc4ccccc4c2n3-c2ccccc2)cc1. The predicted molar refractivity (Wildman–Crippen MR) is 211 cm³/mol. The molecule has 49 heavy (non-hydrogen) atoms. The zero-order valence-electron chi connectivity index (χ0n) is 26.6. The minimum atomic E-state index is 1.12. The van der Waals surface area contributed by atoms with Crippen LogP contribution in [0.2, 0.25) is 0 Å². The third kappa shape index (κ3) is 4.47. The lowest BCUT2D eigenvalue weighted by molar-refractivity contribution is 1.18. The number of aromatic nitrogens is 1. The van der Waals surface area contributed by atoms with Crippen LogP contribution in [0.25, 0.3) is 69.6 Å². The number of rotatable bonds is 5. The summed E-state index contributed by atoms with van der Waals surface area (Å²) < 4.78 is 5.05. The lowest BCUT2D eigenvalue weighted by Crippen LogP contribution is -2.11. The Kier molecular flexibility index (Phi) is 6.39. The van der Waals surface area contributed by atoms with E-state index < -0.39 is 0 Å². The maximum Gasteiger partial charge on any atom is 0.0619 e. The van der Waals surface area contributed by atoms with Crippen LogP contribution >= 0.6 is 11.3 Å². The van der Waals surface area contributed by atoms with Gasteiger partial charge in [0.15, 0.2) is 0 Å². The normalized spacial score (nSPS) is 11.7. The van der Waals surface area contributed by atoms with Gasteiger partial charge in [0, 0.05) is 59.0 Å². The maximum atomic E-state index is 2.44. The Bertz CT molecular complexity index is 2830. The molecule has 230 valence electrons. The summed E-state index contributed by atoms with van der Waals surface area (Å²) in [7, 11) is 0. The van der Waals surface area contributed by atoms with Gasteiger partial charge in [0.1, 0.15) is 0 Å². The highest BCUT2D eigenvalue weighted by Gasteiger charge is 2.21. The number of anilines is 3. The molecule has 0 spiro atoms. The number of benzene rings is 8. The van der Waals surface area contributed by atoms with Crippen LogP contribution in [-0.4, -0.2) is 4.57 Å². The van der Waals surface area contributed by atoms with Crippen LogP contribution in [-0.2, 0) is 0 Å². The third-order valence-electron chi connectivity index (χ3n) is 9.76. The number of nitrogens with zero attached hydrogens (tertiary/aromatic N) is 2. The molecule has 0 N–H and O–H groups in total. The van der Waals surface area contributed by atoms with Gasteiger partial charge < -0.3 is 9.47 Å². The smallest absolute Gasteiger partial charge is 0.0619 e. The molecule has 0 radical (unpaired) electrons. The highest BCUT2D eigenvalue weighted by atomic mass is 32.1. The Labute approximate surface area is 288 Å². The molecule has 10 aromatic rings. The molecule has 2 aromatic heterocycles. The summed E-state index contributed by atoms with van der Waals surface area (Å²) in [5.41, 5.74) is 9.37. The summed E-state index contributed by atoms with van der Waals surface area (Å²) in [4.78, 5) is 2.44. The summed E-state index contributed by atoms with van der Waals surface area (Å²) >= 11 is 1.86. The van der Waals surface area contributed by atoms with Crippen molar-refractivity contribution in [3.63, 3.8) is 0 Å². The van der Waals surface area contributed by atoms with Crippen LogP contribution in [0.4, 0.5) is 17.1 Å². The van der Waals surface area contributed by atoms with Gasteiger partial charge in [0.05, 0.1) is 16.7 Å². The first-order chi connectivity index (χ1) is 24.3. The van der Waals surface area contributed by atoms with E-state index >= 15 is 0 Å². The number of thiophene rings is 1. The van der Waals surface area contributed by atoms with Crippen LogP contribution in [0.3, 0.4) is 0 Å². The molecule has 2 heterocycles. The fraction of sp³-hybridized carbons (Fsp3) is 0. The van der Waals surface area contributed by atoms with Gasteiger partial charge in [0.2, 0.25) is 0 Å². The van der Waals surface area contributed by atoms with E-state index in [4.69, 9.17) is 0 Å². The number of para-hydroxylation sites is 2. The second-order valence-corrected chi connectivity index (χ2v) is 13.6. The lowest BCUT2D eigenvalue weighted by atomic mass is 10.0. The van der Waals surface area contributed by atoms with Gasteiger partial charge in [-0.25, -0.2) is 0 Å². The van der Waals surface area contributed by atoms with Crippen molar-refractivity contribution in [2.75, 3.05) is 4.90 Å². The average Bonchev–Trinajstić information content (AvgIpc) is 3.71. The number of fused-ring (bicyclic) bond motifs is 8. The highest BCUT2D eigenvalue weighted by molar-refractivity contribution is 7.25. The van der Waals surface area contributed by atoms with E-state index in [1.807, 2.05) is 11.3 Å². The molecule has 10 rings (SSSR count). The molecule has 0 saturated heterocycles. The van der Waals surface area contributed by atoms with Gasteiger partial charge in [0.25, 0.3) is 0 Å². The fourth-order valence-corrected chi connectivity index (χ4v) is 8.65. The Morgan fingerprint density at radius 2 is 1.08 bits per heavy atom. The summed E-state index contributed by atoms with van der Waals surface area (Å²) in [5.74, 6) is 0. The Balaban J connectivity index is 1.28. The Morgan fingerprint density at radius 1 is 0.429 bits per heavy atom. The molecular formula is C46H30N2S. The summed E-state index contributed by atoms with van der Waals surface area (Å²) in [5, 5.41) is 7.55. The highest BCUT2D eigenvalue weighted by Crippen LogP contribution is 2.46. The summed E-state index contributed by atoms with van der Waals surface area (Å²) in [6.45, 7) is 0. The molecule has 8 aromatic carbocycles. The zero-order chi connectivity index (χ0) is 32.3. The van der Waals surface area contributed by atoms with Crippen molar-refractivity contribution in [3.05, 3.63) is 182 Å². The first-order valence-corrected chi connectivity index (χ1v) is 17.5. The minimum Gasteiger partial charge on any atom is -0.310 e. The van der Waals surface area contributed by atoms with Crippen molar-refractivity contribution in [1.29, 1.82) is 0 Å². The van der Waals surface area contributed by atoms with E-state index in [9.17, 15) is 0 Å². The molecule has 3 heteroatoms. The largest absolute Gasteiger partial charge is 0.310 e. The van der Waals surface area contributed by atoms with E-state index in [-0.39, 0.29) is 0 Å². The van der Waals surface area contributed by atoms with E-state index in [0.717, 1.165) is 22.7 Å². The van der Waals surface area contributed by atoms with Crippen molar-refractivity contribution in [1.82, 2.24) is 4.57 Å². The van der Waals surface area contributed by atoms with Crippen LogP contribution in [0, 0.1) is 0 Å². The van der Waals surface area contributed by atoms with Gasteiger partial charge in [-0.05, 0) is 71.6 Å². The molecular weight excluding hydrogens is 613 g/mol. The molecule has 0 amide bonds. The van der Waals surface area contributed by atoms with Crippen LogP contribution in [0.15, 0.2) is 182 Å². The van der Waals surface area contributed by atoms with Crippen LogP contribution in [0.1, 0.15) is 0 Å². The first kappa shape index (κ1) is 27.9. The third-order valence-corrected chi connectivity index (χ3v) is 10.9. The molecule has 0 fully saturated rings. The zero-order valence-corrected chi connectivity index (χ0v) is 27.4. The number of hydrogen-bond acceptors (Lipinski definition) is 2. The lowest BCUT2D eigenvalue weighted by Gasteiger charge is -2.28. The topological polar surface area (TPSA) is 8.17 Å². The van der Waals surface area contributed by atoms with Gasteiger partial charge in [-0.15, -0.1) is 11.3 Å². The van der Waals surface area contributed by atoms with Gasteiger partial charge in [-0.1, -0.05) is 121 Å². The molecule has 0 aliphatic carbocycles. The van der Waals surface area contributed by atoms with E-state index in [2.05, 4.69) is 191 Å². The molecule has 0 aliphatic rings. The number of hydrogen-bond donors (Lipinski definition) is 0. The van der Waals surface area contributed by atoms with Gasteiger partial charge in [-0.2, -0.15) is 0 Å². The second-order valence-electron chi connectivity index (χ2n) is 12.6. The van der Waals surface area contributed by atoms with E-state index in [1.54, 1.807) is 0 Å². The van der Waals surface area contributed by atoms with Crippen molar-refractivity contribution in [2.45, 2.75) is 0 Å². The second kappa shape index (κ2) is 11.2. The molecule has 0 atom stereocenters. The maximum absolute atomic E-state index is 2.44.